The average Bonchev–Trinajstić information content (AvgIpc) is 2.90. The molecule has 3 aromatic carbocycles. The molecule has 0 saturated heterocycles. The van der Waals surface area contributed by atoms with E-state index in [1.54, 1.807) is 25.1 Å². The van der Waals surface area contributed by atoms with Crippen LogP contribution in [0.5, 0.6) is 11.5 Å². The van der Waals surface area contributed by atoms with Crippen LogP contribution in [-0.2, 0) is 20.7 Å². The standard InChI is InChI=1S/C32H34O5/c1-6-7-8-9-24-10-12-26(13-11-24)30-20-28(37-32(34)23(4)21-35-5)18-19-29(30)25-14-16-27(17-15-25)36-31(33)22(2)3/h10-20H,2,4,6-9,21H2,1,3,5H3. The topological polar surface area (TPSA) is 61.8 Å². The molecule has 0 bridgehead atoms. The molecule has 3 aromatic rings. The Balaban J connectivity index is 1.95. The fraction of sp³-hybridized carbons (Fsp3) is 0.250. The van der Waals surface area contributed by atoms with E-state index in [0.717, 1.165) is 28.7 Å². The van der Waals surface area contributed by atoms with Crippen LogP contribution in [0.1, 0.15) is 38.7 Å². The second kappa shape index (κ2) is 13.4. The van der Waals surface area contributed by atoms with Gasteiger partial charge in [0.1, 0.15) is 11.5 Å². The normalized spacial score (nSPS) is 10.6. The number of unbranched alkanes of at least 4 members (excludes halogenated alkanes) is 2. The number of esters is 2. The van der Waals surface area contributed by atoms with E-state index in [1.165, 1.54) is 31.9 Å². The van der Waals surface area contributed by atoms with E-state index in [9.17, 15) is 9.59 Å². The summed E-state index contributed by atoms with van der Waals surface area (Å²) in [6, 6.07) is 21.3. The number of hydrogen-bond acceptors (Lipinski definition) is 5. The molecule has 0 fully saturated rings. The van der Waals surface area contributed by atoms with Crippen LogP contribution < -0.4 is 9.47 Å². The molecule has 0 aliphatic heterocycles. The average molecular weight is 499 g/mol. The SMILES string of the molecule is C=C(C)C(=O)Oc1ccc(-c2ccc(OC(=O)C(=C)COC)cc2-c2ccc(CCCCC)cc2)cc1. The van der Waals surface area contributed by atoms with Crippen molar-refractivity contribution < 1.29 is 23.8 Å². The number of carbonyl (C=O) groups is 2. The highest BCUT2D eigenvalue weighted by Crippen LogP contribution is 2.36. The maximum atomic E-state index is 12.4. The van der Waals surface area contributed by atoms with Crippen molar-refractivity contribution in [1.82, 2.24) is 0 Å². The van der Waals surface area contributed by atoms with E-state index in [0.29, 0.717) is 17.1 Å². The van der Waals surface area contributed by atoms with Gasteiger partial charge in [-0.05, 0) is 71.8 Å². The first-order chi connectivity index (χ1) is 17.8. The Kier molecular flexibility index (Phi) is 9.99. The zero-order valence-corrected chi connectivity index (χ0v) is 21.8. The highest BCUT2D eigenvalue weighted by atomic mass is 16.5. The molecular weight excluding hydrogens is 464 g/mol. The lowest BCUT2D eigenvalue weighted by Crippen LogP contribution is -2.14. The van der Waals surface area contributed by atoms with Gasteiger partial charge in [-0.2, -0.15) is 0 Å². The van der Waals surface area contributed by atoms with Crippen LogP contribution >= 0.6 is 0 Å². The van der Waals surface area contributed by atoms with Gasteiger partial charge in [-0.15, -0.1) is 0 Å². The highest BCUT2D eigenvalue weighted by Gasteiger charge is 2.14. The Bertz CT molecular complexity index is 1250. The second-order valence-corrected chi connectivity index (χ2v) is 8.98. The number of rotatable bonds is 12. The summed E-state index contributed by atoms with van der Waals surface area (Å²) in [5.41, 5.74) is 5.66. The molecule has 3 rings (SSSR count). The minimum Gasteiger partial charge on any atom is -0.423 e. The summed E-state index contributed by atoms with van der Waals surface area (Å²) in [5, 5.41) is 0. The van der Waals surface area contributed by atoms with Gasteiger partial charge in [0.15, 0.2) is 0 Å². The molecule has 0 spiro atoms. The van der Waals surface area contributed by atoms with Gasteiger partial charge >= 0.3 is 11.9 Å². The number of aryl methyl sites for hydroxylation is 1. The van der Waals surface area contributed by atoms with Crippen molar-refractivity contribution in [2.45, 2.75) is 39.5 Å². The minimum absolute atomic E-state index is 0.103. The molecule has 0 atom stereocenters. The predicted octanol–water partition coefficient (Wildman–Crippen LogP) is 7.34. The van der Waals surface area contributed by atoms with Gasteiger partial charge in [0.25, 0.3) is 0 Å². The summed E-state index contributed by atoms with van der Waals surface area (Å²) in [5.74, 6) is -0.138. The number of carbonyl (C=O) groups excluding carboxylic acids is 2. The van der Waals surface area contributed by atoms with Gasteiger partial charge in [0, 0.05) is 12.7 Å². The van der Waals surface area contributed by atoms with E-state index in [2.05, 4.69) is 44.3 Å². The molecule has 192 valence electrons. The quantitative estimate of drug-likeness (QED) is 0.113. The van der Waals surface area contributed by atoms with Crippen LogP contribution in [0.4, 0.5) is 0 Å². The van der Waals surface area contributed by atoms with Gasteiger partial charge in [-0.1, -0.05) is 75.4 Å². The third kappa shape index (κ3) is 7.76. The maximum Gasteiger partial charge on any atom is 0.341 e. The number of hydrogen-bond donors (Lipinski definition) is 0. The summed E-state index contributed by atoms with van der Waals surface area (Å²) < 4.78 is 15.9. The van der Waals surface area contributed by atoms with Gasteiger partial charge in [-0.25, -0.2) is 9.59 Å². The van der Waals surface area contributed by atoms with E-state index in [-0.39, 0.29) is 12.2 Å². The molecule has 0 radical (unpaired) electrons. The van der Waals surface area contributed by atoms with Crippen molar-refractivity contribution in [1.29, 1.82) is 0 Å². The lowest BCUT2D eigenvalue weighted by molar-refractivity contribution is -0.131. The molecule has 0 unspecified atom stereocenters. The summed E-state index contributed by atoms with van der Waals surface area (Å²) in [7, 11) is 1.50. The smallest absolute Gasteiger partial charge is 0.341 e. The number of ether oxygens (including phenoxy) is 3. The van der Waals surface area contributed by atoms with Crippen molar-refractivity contribution in [3.63, 3.8) is 0 Å². The van der Waals surface area contributed by atoms with Crippen LogP contribution in [0.3, 0.4) is 0 Å². The molecule has 0 amide bonds. The first-order valence-corrected chi connectivity index (χ1v) is 12.4. The molecule has 0 aliphatic rings. The van der Waals surface area contributed by atoms with E-state index < -0.39 is 11.9 Å². The molecular formula is C32H34O5. The molecule has 0 aromatic heterocycles. The largest absolute Gasteiger partial charge is 0.423 e. The fourth-order valence-corrected chi connectivity index (χ4v) is 3.82. The maximum absolute atomic E-state index is 12.4. The molecule has 5 nitrogen and oxygen atoms in total. The third-order valence-corrected chi connectivity index (χ3v) is 5.87. The second-order valence-electron chi connectivity index (χ2n) is 8.98. The summed E-state index contributed by atoms with van der Waals surface area (Å²) in [6.45, 7) is 11.3. The third-order valence-electron chi connectivity index (χ3n) is 5.87. The van der Waals surface area contributed by atoms with Gasteiger partial charge in [-0.3, -0.25) is 0 Å². The molecule has 5 heteroatoms. The Hall–Kier alpha value is -3.96. The molecule has 0 N–H and O–H groups in total. The zero-order valence-electron chi connectivity index (χ0n) is 21.8. The van der Waals surface area contributed by atoms with Crippen molar-refractivity contribution in [3.05, 3.63) is 96.6 Å². The van der Waals surface area contributed by atoms with Crippen LogP contribution in [0, 0.1) is 0 Å². The molecule has 37 heavy (non-hydrogen) atoms. The van der Waals surface area contributed by atoms with Crippen molar-refractivity contribution in [3.8, 4) is 33.8 Å². The summed E-state index contributed by atoms with van der Waals surface area (Å²) >= 11 is 0. The first kappa shape index (κ1) is 27.6. The number of methoxy groups -OCH3 is 1. The van der Waals surface area contributed by atoms with Crippen LogP contribution in [0.25, 0.3) is 22.3 Å². The van der Waals surface area contributed by atoms with Crippen molar-refractivity contribution in [2.75, 3.05) is 13.7 Å². The van der Waals surface area contributed by atoms with E-state index in [4.69, 9.17) is 14.2 Å². The van der Waals surface area contributed by atoms with Crippen LogP contribution in [0.2, 0.25) is 0 Å². The fourth-order valence-electron chi connectivity index (χ4n) is 3.82. The first-order valence-electron chi connectivity index (χ1n) is 12.4. The lowest BCUT2D eigenvalue weighted by atomic mass is 9.93. The van der Waals surface area contributed by atoms with Gasteiger partial charge < -0.3 is 14.2 Å². The van der Waals surface area contributed by atoms with Gasteiger partial charge in [0.05, 0.1) is 12.2 Å². The van der Waals surface area contributed by atoms with Crippen LogP contribution in [-0.4, -0.2) is 25.7 Å². The monoisotopic (exact) mass is 498 g/mol. The minimum atomic E-state index is -0.532. The summed E-state index contributed by atoms with van der Waals surface area (Å²) in [4.78, 5) is 24.3. The molecule has 0 heterocycles. The molecule has 0 saturated carbocycles. The van der Waals surface area contributed by atoms with E-state index >= 15 is 0 Å². The predicted molar refractivity (Wildman–Crippen MR) is 148 cm³/mol. The van der Waals surface area contributed by atoms with Crippen molar-refractivity contribution >= 4 is 11.9 Å². The Labute approximate surface area is 219 Å². The summed E-state index contributed by atoms with van der Waals surface area (Å²) in [6.07, 6.45) is 4.62. The van der Waals surface area contributed by atoms with E-state index in [1.807, 2.05) is 24.3 Å². The number of benzene rings is 3. The van der Waals surface area contributed by atoms with Gasteiger partial charge in [0.2, 0.25) is 0 Å². The van der Waals surface area contributed by atoms with Crippen molar-refractivity contribution in [2.24, 2.45) is 0 Å². The lowest BCUT2D eigenvalue weighted by Gasteiger charge is -2.14. The Morgan fingerprint density at radius 1 is 0.757 bits per heavy atom. The molecule has 0 aliphatic carbocycles. The zero-order chi connectivity index (χ0) is 26.8. The van der Waals surface area contributed by atoms with Crippen LogP contribution in [0.15, 0.2) is 91.0 Å². The Morgan fingerprint density at radius 3 is 1.97 bits per heavy atom. The Morgan fingerprint density at radius 2 is 1.35 bits per heavy atom. The highest BCUT2D eigenvalue weighted by molar-refractivity contribution is 5.91.